The molecule has 4 aromatic heterocycles. The maximum Gasteiger partial charge on any atom is 0.171 e. The first-order valence-corrected chi connectivity index (χ1v) is 19.2. The van der Waals surface area contributed by atoms with E-state index < -0.39 is 12.1 Å². The maximum absolute atomic E-state index is 14.3. The molecule has 8 rings (SSSR count). The standard InChI is InChI=1S/C43H46F2N6O5/c1-55-39-5-3-27(44)19-31(39)29-7-13-46-42-33(29)21-35(48-42)25-9-15-50(16-10-25)37(23-52)41(54)38(24-53)51-17-11-26(12-18-51)36-22-34-30(8-14-47-43(34)49-36)32-20-28(45)4-6-40(32)56-2/h3-8,13-14,19-22,25-26,37-38,52-53H,9-12,15-18,23-24H2,1-2H3,(H,46,48)(H,47,49). The average Bonchev–Trinajstić information content (AvgIpc) is 3.87. The van der Waals surface area contributed by atoms with Crippen molar-refractivity contribution in [2.75, 3.05) is 53.6 Å². The van der Waals surface area contributed by atoms with Crippen LogP contribution in [-0.4, -0.2) is 111 Å². The van der Waals surface area contributed by atoms with Gasteiger partial charge in [0.2, 0.25) is 0 Å². The third kappa shape index (κ3) is 7.16. The minimum Gasteiger partial charge on any atom is -0.496 e. The summed E-state index contributed by atoms with van der Waals surface area (Å²) < 4.78 is 39.6. The number of H-pyrrole nitrogens is 2. The summed E-state index contributed by atoms with van der Waals surface area (Å²) in [6.45, 7) is 1.76. The first-order chi connectivity index (χ1) is 27.3. The summed E-state index contributed by atoms with van der Waals surface area (Å²) >= 11 is 0. The minimum atomic E-state index is -0.722. The van der Waals surface area contributed by atoms with Crippen LogP contribution in [0, 0.1) is 11.6 Å². The third-order valence-electron chi connectivity index (χ3n) is 11.8. The van der Waals surface area contributed by atoms with Gasteiger partial charge >= 0.3 is 0 Å². The minimum absolute atomic E-state index is 0.168. The molecule has 0 saturated carbocycles. The number of pyridine rings is 2. The number of carbonyl (C=O) groups is 1. The molecule has 11 nitrogen and oxygen atoms in total. The van der Waals surface area contributed by atoms with Crippen LogP contribution in [0.1, 0.15) is 48.9 Å². The van der Waals surface area contributed by atoms with Crippen LogP contribution in [0.2, 0.25) is 0 Å². The van der Waals surface area contributed by atoms with Crippen molar-refractivity contribution in [3.63, 3.8) is 0 Å². The van der Waals surface area contributed by atoms with E-state index in [0.29, 0.717) is 60.1 Å². The summed E-state index contributed by atoms with van der Waals surface area (Å²) in [4.78, 5) is 34.1. The third-order valence-corrected chi connectivity index (χ3v) is 11.8. The molecular weight excluding hydrogens is 719 g/mol. The van der Waals surface area contributed by atoms with Crippen molar-refractivity contribution in [1.29, 1.82) is 0 Å². The molecular formula is C43H46F2N6O5. The number of fused-ring (bicyclic) bond motifs is 2. The van der Waals surface area contributed by atoms with Crippen LogP contribution in [0.5, 0.6) is 11.5 Å². The number of nitrogens with one attached hydrogen (secondary N) is 2. The summed E-state index contributed by atoms with van der Waals surface area (Å²) in [5.41, 5.74) is 6.41. The van der Waals surface area contributed by atoms with E-state index in [4.69, 9.17) is 9.47 Å². The number of benzene rings is 2. The number of hydrogen-bond donors (Lipinski definition) is 4. The number of hydrogen-bond acceptors (Lipinski definition) is 9. The molecule has 6 heterocycles. The van der Waals surface area contributed by atoms with Gasteiger partial charge in [0.1, 0.15) is 34.4 Å². The largest absolute Gasteiger partial charge is 0.496 e. The quantitative estimate of drug-likeness (QED) is 0.111. The van der Waals surface area contributed by atoms with Gasteiger partial charge < -0.3 is 29.7 Å². The second-order valence-electron chi connectivity index (χ2n) is 14.8. The molecule has 56 heavy (non-hydrogen) atoms. The van der Waals surface area contributed by atoms with Crippen LogP contribution in [0.15, 0.2) is 73.1 Å². The van der Waals surface area contributed by atoms with Gasteiger partial charge in [0.15, 0.2) is 5.78 Å². The van der Waals surface area contributed by atoms with Gasteiger partial charge in [0.05, 0.1) is 39.5 Å². The van der Waals surface area contributed by atoms with Crippen molar-refractivity contribution < 1.29 is 33.3 Å². The van der Waals surface area contributed by atoms with E-state index in [1.807, 2.05) is 21.9 Å². The molecule has 13 heteroatoms. The lowest BCUT2D eigenvalue weighted by Crippen LogP contribution is -2.56. The summed E-state index contributed by atoms with van der Waals surface area (Å²) in [5, 5.41) is 22.8. The highest BCUT2D eigenvalue weighted by Crippen LogP contribution is 2.40. The molecule has 2 aliphatic rings. The van der Waals surface area contributed by atoms with E-state index in [2.05, 4.69) is 32.1 Å². The van der Waals surface area contributed by atoms with Crippen LogP contribution >= 0.6 is 0 Å². The fourth-order valence-electron chi connectivity index (χ4n) is 8.82. The summed E-state index contributed by atoms with van der Waals surface area (Å²) in [6.07, 6.45) is 6.45. The smallest absolute Gasteiger partial charge is 0.171 e. The molecule has 0 aliphatic carbocycles. The second kappa shape index (κ2) is 16.1. The molecule has 292 valence electrons. The number of methoxy groups -OCH3 is 2. The number of aliphatic hydroxyl groups is 2. The van der Waals surface area contributed by atoms with Crippen LogP contribution in [0.4, 0.5) is 8.78 Å². The molecule has 4 N–H and O–H groups in total. The Hall–Kier alpha value is -5.21. The number of aliphatic hydroxyl groups excluding tert-OH is 2. The number of ether oxygens (including phenoxy) is 2. The normalized spacial score (nSPS) is 17.4. The number of Topliss-reactive ketones (excluding diaryl/α,β-unsaturated/α-hetero) is 1. The van der Waals surface area contributed by atoms with Gasteiger partial charge in [-0.15, -0.1) is 0 Å². The van der Waals surface area contributed by atoms with Crippen molar-refractivity contribution in [1.82, 2.24) is 29.7 Å². The zero-order valence-corrected chi connectivity index (χ0v) is 31.5. The van der Waals surface area contributed by atoms with E-state index in [0.717, 1.165) is 59.0 Å². The number of piperidine rings is 2. The summed E-state index contributed by atoms with van der Waals surface area (Å²) in [7, 11) is 3.13. The average molecular weight is 765 g/mol. The zero-order valence-electron chi connectivity index (χ0n) is 31.5. The Kier molecular flexibility index (Phi) is 10.8. The summed E-state index contributed by atoms with van der Waals surface area (Å²) in [6, 6.07) is 15.4. The van der Waals surface area contributed by atoms with Gasteiger partial charge in [-0.2, -0.15) is 0 Å². The lowest BCUT2D eigenvalue weighted by molar-refractivity contribution is -0.133. The number of aromatic amines is 2. The maximum atomic E-state index is 14.3. The molecule has 2 aliphatic heterocycles. The highest BCUT2D eigenvalue weighted by Gasteiger charge is 2.38. The first-order valence-electron chi connectivity index (χ1n) is 19.2. The van der Waals surface area contributed by atoms with Gasteiger partial charge in [-0.25, -0.2) is 18.7 Å². The van der Waals surface area contributed by atoms with Crippen molar-refractivity contribution in [2.24, 2.45) is 0 Å². The lowest BCUT2D eigenvalue weighted by atomic mass is 9.89. The highest BCUT2D eigenvalue weighted by molar-refractivity contribution is 5.96. The Balaban J connectivity index is 0.915. The van der Waals surface area contributed by atoms with Crippen LogP contribution < -0.4 is 9.47 Å². The van der Waals surface area contributed by atoms with E-state index in [-0.39, 0.29) is 42.5 Å². The van der Waals surface area contributed by atoms with E-state index in [1.165, 1.54) is 24.3 Å². The Morgan fingerprint density at radius 3 is 1.46 bits per heavy atom. The lowest BCUT2D eigenvalue weighted by Gasteiger charge is -2.40. The molecule has 2 atom stereocenters. The number of aromatic nitrogens is 4. The van der Waals surface area contributed by atoms with E-state index >= 15 is 0 Å². The SMILES string of the molecule is COc1ccc(F)cc1-c1ccnc2[nH]c(C3CCN(C(CO)C(=O)C(CO)N4CCC(c5cc6c(-c7cc(F)ccc7OC)ccnc6[nH]5)CC4)CC3)cc12. The molecule has 0 radical (unpaired) electrons. The fraction of sp³-hybridized carbons (Fsp3) is 0.372. The van der Waals surface area contributed by atoms with Gasteiger partial charge in [-0.05, 0) is 124 Å². The number of halogens is 2. The van der Waals surface area contributed by atoms with Gasteiger partial charge in [-0.1, -0.05) is 0 Å². The Labute approximate surface area is 323 Å². The number of nitrogens with zero attached hydrogens (tertiary/aromatic N) is 4. The molecule has 2 unspecified atom stereocenters. The van der Waals surface area contributed by atoms with E-state index in [1.54, 1.807) is 38.7 Å². The summed E-state index contributed by atoms with van der Waals surface area (Å²) in [5.74, 6) is 0.639. The molecule has 2 aromatic carbocycles. The molecule has 2 saturated heterocycles. The Morgan fingerprint density at radius 1 is 0.679 bits per heavy atom. The topological polar surface area (TPSA) is 140 Å². The first kappa shape index (κ1) is 37.7. The van der Waals surface area contributed by atoms with Crippen LogP contribution in [-0.2, 0) is 4.79 Å². The van der Waals surface area contributed by atoms with Gasteiger partial charge in [0.25, 0.3) is 0 Å². The van der Waals surface area contributed by atoms with Crippen molar-refractivity contribution in [3.05, 3.63) is 96.1 Å². The molecule has 6 aromatic rings. The fourth-order valence-corrected chi connectivity index (χ4v) is 8.82. The van der Waals surface area contributed by atoms with Gasteiger partial charge in [-0.3, -0.25) is 14.6 Å². The van der Waals surface area contributed by atoms with Crippen molar-refractivity contribution >= 4 is 27.9 Å². The Morgan fingerprint density at radius 2 is 1.09 bits per heavy atom. The number of carbonyl (C=O) groups excluding carboxylic acids is 1. The predicted molar refractivity (Wildman–Crippen MR) is 210 cm³/mol. The van der Waals surface area contributed by atoms with Crippen molar-refractivity contribution in [2.45, 2.75) is 49.6 Å². The van der Waals surface area contributed by atoms with E-state index in [9.17, 15) is 23.8 Å². The number of rotatable bonds is 12. The number of likely N-dealkylation sites (tertiary alicyclic amines) is 2. The molecule has 0 amide bonds. The Bertz CT molecular complexity index is 2190. The highest BCUT2D eigenvalue weighted by atomic mass is 19.1. The van der Waals surface area contributed by atoms with Crippen LogP contribution in [0.3, 0.4) is 0 Å². The second-order valence-corrected chi connectivity index (χ2v) is 14.8. The molecule has 2 fully saturated rings. The molecule has 0 spiro atoms. The number of ketones is 1. The van der Waals surface area contributed by atoms with Gasteiger partial charge in [0, 0.05) is 57.5 Å². The predicted octanol–water partition coefficient (Wildman–Crippen LogP) is 6.42. The van der Waals surface area contributed by atoms with Crippen molar-refractivity contribution in [3.8, 4) is 33.8 Å². The monoisotopic (exact) mass is 764 g/mol. The van der Waals surface area contributed by atoms with Crippen LogP contribution in [0.25, 0.3) is 44.3 Å². The molecule has 0 bridgehead atoms. The zero-order chi connectivity index (χ0) is 38.9.